The van der Waals surface area contributed by atoms with E-state index in [2.05, 4.69) is 0 Å². The first-order valence-electron chi connectivity index (χ1n) is 1.73. The Kier molecular flexibility index (Phi) is 3.07. The molecular formula is C2H5NO4P+. The average Bonchev–Trinajstić information content (AvgIpc) is 1.61. The maximum atomic E-state index is 9.73. The van der Waals surface area contributed by atoms with E-state index in [4.69, 9.17) is 10.00 Å². The van der Waals surface area contributed by atoms with Crippen LogP contribution in [0.1, 0.15) is 0 Å². The first-order valence-corrected chi connectivity index (χ1v) is 3.13. The standard InChI is InChI=1S/C2H4NO4P/c4-2(5)3-1-8(6)7/h3H,1H2,(H-,4,5,6,7)/p+1. The van der Waals surface area contributed by atoms with Crippen molar-refractivity contribution in [3.05, 3.63) is 0 Å². The van der Waals surface area contributed by atoms with Crippen molar-refractivity contribution in [2.45, 2.75) is 0 Å². The Hall–Kier alpha value is -0.670. The summed E-state index contributed by atoms with van der Waals surface area (Å²) in [5.74, 6) is 0. The second-order valence-corrected chi connectivity index (χ2v) is 2.01. The third-order valence-electron chi connectivity index (χ3n) is 0.366. The lowest BCUT2D eigenvalue weighted by Crippen LogP contribution is -2.19. The van der Waals surface area contributed by atoms with Gasteiger partial charge >= 0.3 is 14.1 Å². The molecule has 0 fully saturated rings. The Morgan fingerprint density at radius 3 is 2.38 bits per heavy atom. The van der Waals surface area contributed by atoms with Gasteiger partial charge in [0.1, 0.15) is 0 Å². The molecule has 5 nitrogen and oxygen atoms in total. The minimum atomic E-state index is -2.37. The number of carboxylic acid groups (broad SMARTS) is 1. The SMILES string of the molecule is O=C(O)NC[P+](=O)O. The first-order chi connectivity index (χ1) is 3.63. The van der Waals surface area contributed by atoms with Crippen LogP contribution in [0.4, 0.5) is 4.79 Å². The topological polar surface area (TPSA) is 86.6 Å². The molecule has 0 aliphatic carbocycles. The fourth-order valence-electron chi connectivity index (χ4n) is 0.135. The highest BCUT2D eigenvalue weighted by Crippen LogP contribution is 2.07. The molecule has 6 heteroatoms. The fraction of sp³-hybridized carbons (Fsp3) is 0.500. The zero-order valence-corrected chi connectivity index (χ0v) is 4.76. The molecule has 0 aromatic heterocycles. The van der Waals surface area contributed by atoms with Gasteiger partial charge in [-0.05, 0) is 4.57 Å². The van der Waals surface area contributed by atoms with Gasteiger partial charge in [-0.1, -0.05) is 0 Å². The molecule has 46 valence electrons. The van der Waals surface area contributed by atoms with Crippen LogP contribution in [0.2, 0.25) is 0 Å². The van der Waals surface area contributed by atoms with Crippen LogP contribution >= 0.6 is 8.03 Å². The number of rotatable bonds is 2. The van der Waals surface area contributed by atoms with Crippen LogP contribution in [0.25, 0.3) is 0 Å². The minimum Gasteiger partial charge on any atom is -0.465 e. The van der Waals surface area contributed by atoms with Gasteiger partial charge in [0, 0.05) is 0 Å². The molecule has 3 N–H and O–H groups in total. The Labute approximate surface area is 46.2 Å². The highest BCUT2D eigenvalue weighted by atomic mass is 31.1. The molecule has 0 aromatic rings. The summed E-state index contributed by atoms with van der Waals surface area (Å²) >= 11 is 0. The van der Waals surface area contributed by atoms with E-state index in [0.29, 0.717) is 0 Å². The van der Waals surface area contributed by atoms with E-state index < -0.39 is 20.4 Å². The molecular weight excluding hydrogens is 133 g/mol. The van der Waals surface area contributed by atoms with Crippen molar-refractivity contribution >= 4 is 14.1 Å². The zero-order valence-electron chi connectivity index (χ0n) is 3.87. The molecule has 0 spiro atoms. The molecule has 8 heavy (non-hydrogen) atoms. The average molecular weight is 138 g/mol. The lowest BCUT2D eigenvalue weighted by Gasteiger charge is -1.83. The van der Waals surface area contributed by atoms with Crippen LogP contribution in [0.15, 0.2) is 0 Å². The van der Waals surface area contributed by atoms with Gasteiger partial charge in [0.05, 0.1) is 0 Å². The molecule has 0 aliphatic heterocycles. The zero-order chi connectivity index (χ0) is 6.57. The van der Waals surface area contributed by atoms with Crippen molar-refractivity contribution in [3.8, 4) is 0 Å². The third-order valence-corrected chi connectivity index (χ3v) is 0.794. The monoisotopic (exact) mass is 138 g/mol. The molecule has 0 heterocycles. The van der Waals surface area contributed by atoms with Crippen molar-refractivity contribution in [1.82, 2.24) is 5.32 Å². The number of nitrogens with one attached hydrogen (secondary N) is 1. The van der Waals surface area contributed by atoms with Crippen LogP contribution < -0.4 is 5.32 Å². The molecule has 0 saturated carbocycles. The molecule has 1 amide bonds. The van der Waals surface area contributed by atoms with Gasteiger partial charge in [0.2, 0.25) is 0 Å². The summed E-state index contributed by atoms with van der Waals surface area (Å²) in [5.41, 5.74) is 0. The normalized spacial score (nSPS) is 10.4. The summed E-state index contributed by atoms with van der Waals surface area (Å²) in [6.45, 7) is 0. The molecule has 0 radical (unpaired) electrons. The van der Waals surface area contributed by atoms with Crippen molar-refractivity contribution < 1.29 is 19.4 Å². The van der Waals surface area contributed by atoms with Gasteiger partial charge in [-0.15, -0.1) is 0 Å². The molecule has 0 rings (SSSR count). The molecule has 0 saturated heterocycles. The summed E-state index contributed by atoms with van der Waals surface area (Å²) < 4.78 is 9.73. The predicted molar refractivity (Wildman–Crippen MR) is 25.9 cm³/mol. The maximum Gasteiger partial charge on any atom is 0.527 e. The molecule has 1 unspecified atom stereocenters. The molecule has 0 aliphatic rings. The van der Waals surface area contributed by atoms with Crippen LogP contribution in [0.3, 0.4) is 0 Å². The lowest BCUT2D eigenvalue weighted by atomic mass is 11.1. The smallest absolute Gasteiger partial charge is 0.465 e. The van der Waals surface area contributed by atoms with E-state index in [0.717, 1.165) is 0 Å². The van der Waals surface area contributed by atoms with Crippen LogP contribution in [-0.4, -0.2) is 22.4 Å². The Balaban J connectivity index is 3.18. The van der Waals surface area contributed by atoms with Crippen LogP contribution in [0.5, 0.6) is 0 Å². The van der Waals surface area contributed by atoms with Crippen molar-refractivity contribution in [1.29, 1.82) is 0 Å². The van der Waals surface area contributed by atoms with E-state index in [1.807, 2.05) is 0 Å². The Morgan fingerprint density at radius 1 is 1.75 bits per heavy atom. The highest BCUT2D eigenvalue weighted by Gasteiger charge is 2.09. The highest BCUT2D eigenvalue weighted by molar-refractivity contribution is 7.37. The largest absolute Gasteiger partial charge is 0.527 e. The molecule has 1 atom stereocenters. The fourth-order valence-corrected chi connectivity index (χ4v) is 0.406. The lowest BCUT2D eigenvalue weighted by molar-refractivity contribution is 0.196. The summed E-state index contributed by atoms with van der Waals surface area (Å²) in [5, 5.41) is 9.54. The van der Waals surface area contributed by atoms with Gasteiger partial charge in [0.25, 0.3) is 6.29 Å². The van der Waals surface area contributed by atoms with Crippen molar-refractivity contribution in [2.24, 2.45) is 0 Å². The summed E-state index contributed by atoms with van der Waals surface area (Å²) in [4.78, 5) is 17.5. The number of hydrogen-bond acceptors (Lipinski definition) is 2. The quantitative estimate of drug-likeness (QED) is 0.466. The number of hydrogen-bond donors (Lipinski definition) is 3. The van der Waals surface area contributed by atoms with E-state index in [1.165, 1.54) is 0 Å². The predicted octanol–water partition coefficient (Wildman–Crippen LogP) is -0.0538. The summed E-state index contributed by atoms with van der Waals surface area (Å²) in [7, 11) is -2.37. The summed E-state index contributed by atoms with van der Waals surface area (Å²) in [6, 6.07) is 0. The second-order valence-electron chi connectivity index (χ2n) is 0.992. The maximum absolute atomic E-state index is 9.73. The van der Waals surface area contributed by atoms with Crippen LogP contribution in [-0.2, 0) is 4.57 Å². The third kappa shape index (κ3) is 5.33. The molecule has 0 aromatic carbocycles. The van der Waals surface area contributed by atoms with Gasteiger partial charge < -0.3 is 5.11 Å². The van der Waals surface area contributed by atoms with Crippen molar-refractivity contribution in [2.75, 3.05) is 6.29 Å². The van der Waals surface area contributed by atoms with Gasteiger partial charge in [-0.2, -0.15) is 4.89 Å². The van der Waals surface area contributed by atoms with Gasteiger partial charge in [-0.25, -0.2) is 4.79 Å². The summed E-state index contributed by atoms with van der Waals surface area (Å²) in [6.07, 6.45) is -1.69. The van der Waals surface area contributed by atoms with E-state index in [9.17, 15) is 9.36 Å². The van der Waals surface area contributed by atoms with Gasteiger partial charge in [0.15, 0.2) is 0 Å². The van der Waals surface area contributed by atoms with E-state index in [1.54, 1.807) is 5.32 Å². The number of amides is 1. The molecule has 0 bridgehead atoms. The van der Waals surface area contributed by atoms with Crippen LogP contribution in [0, 0.1) is 0 Å². The van der Waals surface area contributed by atoms with Gasteiger partial charge in [-0.3, -0.25) is 5.32 Å². The van der Waals surface area contributed by atoms with E-state index in [-0.39, 0.29) is 0 Å². The minimum absolute atomic E-state index is 0.398. The Bertz CT molecular complexity index is 98.6. The second kappa shape index (κ2) is 3.35. The first kappa shape index (κ1) is 7.33. The number of carbonyl (C=O) groups is 1. The van der Waals surface area contributed by atoms with E-state index >= 15 is 0 Å². The van der Waals surface area contributed by atoms with Crippen molar-refractivity contribution in [3.63, 3.8) is 0 Å². The Morgan fingerprint density at radius 2 is 2.25 bits per heavy atom.